The van der Waals surface area contributed by atoms with E-state index >= 15 is 0 Å². The van der Waals surface area contributed by atoms with Crippen molar-refractivity contribution in [3.05, 3.63) is 42.0 Å². The predicted octanol–water partition coefficient (Wildman–Crippen LogP) is 3.54. The average molecular weight is 342 g/mol. The molecule has 1 aliphatic heterocycles. The van der Waals surface area contributed by atoms with Gasteiger partial charge in [-0.15, -0.1) is 5.92 Å². The Morgan fingerprint density at radius 1 is 1.20 bits per heavy atom. The molecule has 4 nitrogen and oxygen atoms in total. The minimum atomic E-state index is -0.463. The minimum absolute atomic E-state index is 0.143. The molecule has 0 amide bonds. The molecule has 0 unspecified atom stereocenters. The van der Waals surface area contributed by atoms with Crippen LogP contribution < -0.4 is 4.74 Å². The van der Waals surface area contributed by atoms with Gasteiger partial charge in [0.15, 0.2) is 0 Å². The minimum Gasteiger partial charge on any atom is -0.484 e. The average Bonchev–Trinajstić information content (AvgIpc) is 2.66. The van der Waals surface area contributed by atoms with Gasteiger partial charge < -0.3 is 14.6 Å². The van der Waals surface area contributed by atoms with Gasteiger partial charge in [-0.2, -0.15) is 0 Å². The number of aliphatic hydroxyl groups is 1. The van der Waals surface area contributed by atoms with Crippen molar-refractivity contribution in [2.75, 3.05) is 6.61 Å². The van der Waals surface area contributed by atoms with Gasteiger partial charge in [-0.05, 0) is 42.8 Å². The summed E-state index contributed by atoms with van der Waals surface area (Å²) >= 11 is 0. The van der Waals surface area contributed by atoms with Gasteiger partial charge in [0.1, 0.15) is 30.3 Å². The zero-order valence-corrected chi connectivity index (χ0v) is 14.7. The maximum Gasteiger partial charge on any atom is 0.150 e. The van der Waals surface area contributed by atoms with Crippen molar-refractivity contribution in [1.29, 1.82) is 0 Å². The van der Waals surface area contributed by atoms with Gasteiger partial charge in [-0.25, -0.2) is 0 Å². The Labute approximate surface area is 149 Å². The lowest BCUT2D eigenvalue weighted by Crippen LogP contribution is -2.40. The van der Waals surface area contributed by atoms with Gasteiger partial charge in [0.2, 0.25) is 0 Å². The summed E-state index contributed by atoms with van der Waals surface area (Å²) in [6, 6.07) is 6.84. The number of hydrogen-bond donors (Lipinski definition) is 1. The third kappa shape index (κ3) is 6.38. The molecule has 1 heterocycles. The van der Waals surface area contributed by atoms with Crippen molar-refractivity contribution in [1.82, 2.24) is 0 Å². The Morgan fingerprint density at radius 2 is 2.00 bits per heavy atom. The number of rotatable bonds is 8. The first-order chi connectivity index (χ1) is 12.3. The van der Waals surface area contributed by atoms with Gasteiger partial charge >= 0.3 is 0 Å². The van der Waals surface area contributed by atoms with Crippen LogP contribution in [0, 0.1) is 11.8 Å². The lowest BCUT2D eigenvalue weighted by atomic mass is 10.1. The van der Waals surface area contributed by atoms with Gasteiger partial charge in [0.05, 0.1) is 6.61 Å². The quantitative estimate of drug-likeness (QED) is 0.340. The molecule has 1 N–H and O–H groups in total. The van der Waals surface area contributed by atoms with Crippen LogP contribution in [0.3, 0.4) is 0 Å². The van der Waals surface area contributed by atoms with Crippen LogP contribution >= 0.6 is 0 Å². The standard InChI is InChI=1S/C21H26O4/c1-2-3-4-5-6-7-8-18-13-14-20(21(16-23)25-18)24-19-11-9-17(15-22)10-12-19/h9-15,18,20-21,23H,2-6,16H2,1H3/t18-,20+,21-/m1/s1. The van der Waals surface area contributed by atoms with Crippen LogP contribution in [0.25, 0.3) is 0 Å². The van der Waals surface area contributed by atoms with Crippen LogP contribution in [0.1, 0.15) is 49.4 Å². The highest BCUT2D eigenvalue weighted by Gasteiger charge is 2.27. The lowest BCUT2D eigenvalue weighted by Gasteiger charge is -2.29. The highest BCUT2D eigenvalue weighted by Crippen LogP contribution is 2.20. The molecule has 0 bridgehead atoms. The molecule has 2 rings (SSSR count). The molecule has 0 fully saturated rings. The Balaban J connectivity index is 1.89. The van der Waals surface area contributed by atoms with E-state index in [4.69, 9.17) is 9.47 Å². The van der Waals surface area contributed by atoms with E-state index in [1.54, 1.807) is 24.3 Å². The largest absolute Gasteiger partial charge is 0.484 e. The van der Waals surface area contributed by atoms with Gasteiger partial charge in [-0.1, -0.05) is 32.1 Å². The van der Waals surface area contributed by atoms with E-state index < -0.39 is 6.10 Å². The van der Waals surface area contributed by atoms with Crippen LogP contribution in [0.4, 0.5) is 0 Å². The highest BCUT2D eigenvalue weighted by molar-refractivity contribution is 5.74. The van der Waals surface area contributed by atoms with Crippen LogP contribution in [-0.2, 0) is 4.74 Å². The van der Waals surface area contributed by atoms with Crippen LogP contribution in [-0.4, -0.2) is 36.3 Å². The first-order valence-electron chi connectivity index (χ1n) is 8.91. The number of carbonyl (C=O) groups is 1. The number of aliphatic hydroxyl groups excluding tert-OH is 1. The normalized spacial score (nSPS) is 22.1. The molecule has 0 spiro atoms. The first kappa shape index (κ1) is 19.2. The van der Waals surface area contributed by atoms with Crippen molar-refractivity contribution in [3.63, 3.8) is 0 Å². The zero-order chi connectivity index (χ0) is 17.9. The summed E-state index contributed by atoms with van der Waals surface area (Å²) in [5.41, 5.74) is 0.593. The number of ether oxygens (including phenoxy) is 2. The summed E-state index contributed by atoms with van der Waals surface area (Å²) < 4.78 is 11.6. The number of hydrogen-bond acceptors (Lipinski definition) is 4. The lowest BCUT2D eigenvalue weighted by molar-refractivity contribution is -0.0549. The summed E-state index contributed by atoms with van der Waals surface area (Å²) in [6.07, 6.45) is 9.07. The van der Waals surface area contributed by atoms with E-state index in [9.17, 15) is 9.90 Å². The second-order valence-electron chi connectivity index (χ2n) is 6.06. The third-order valence-electron chi connectivity index (χ3n) is 4.03. The molecule has 0 saturated heterocycles. The fourth-order valence-electron chi connectivity index (χ4n) is 2.58. The summed E-state index contributed by atoms with van der Waals surface area (Å²) in [4.78, 5) is 10.7. The summed E-state index contributed by atoms with van der Waals surface area (Å²) in [7, 11) is 0. The van der Waals surface area contributed by atoms with Crippen molar-refractivity contribution < 1.29 is 19.4 Å². The fourth-order valence-corrected chi connectivity index (χ4v) is 2.58. The molecule has 3 atom stereocenters. The Hall–Kier alpha value is -2.09. The molecule has 0 saturated carbocycles. The smallest absolute Gasteiger partial charge is 0.150 e. The van der Waals surface area contributed by atoms with Gasteiger partial charge in [0, 0.05) is 12.0 Å². The molecule has 4 heteroatoms. The van der Waals surface area contributed by atoms with E-state index in [0.29, 0.717) is 11.3 Å². The number of carbonyl (C=O) groups excluding carboxylic acids is 1. The zero-order valence-electron chi connectivity index (χ0n) is 14.7. The molecule has 1 aromatic rings. The van der Waals surface area contributed by atoms with E-state index in [2.05, 4.69) is 18.8 Å². The molecule has 1 aromatic carbocycles. The van der Waals surface area contributed by atoms with Crippen LogP contribution in [0.15, 0.2) is 36.4 Å². The summed E-state index contributed by atoms with van der Waals surface area (Å²) in [5.74, 6) is 6.88. The van der Waals surface area contributed by atoms with Crippen molar-refractivity contribution in [2.24, 2.45) is 0 Å². The summed E-state index contributed by atoms with van der Waals surface area (Å²) in [5, 5.41) is 9.57. The van der Waals surface area contributed by atoms with E-state index in [0.717, 1.165) is 19.1 Å². The van der Waals surface area contributed by atoms with Gasteiger partial charge in [0.25, 0.3) is 0 Å². The molecule has 0 aromatic heterocycles. The first-order valence-corrected chi connectivity index (χ1v) is 8.91. The predicted molar refractivity (Wildman–Crippen MR) is 97.7 cm³/mol. The van der Waals surface area contributed by atoms with Gasteiger partial charge in [-0.3, -0.25) is 4.79 Å². The fraction of sp³-hybridized carbons (Fsp3) is 0.476. The monoisotopic (exact) mass is 342 g/mol. The molecule has 134 valence electrons. The van der Waals surface area contributed by atoms with Crippen molar-refractivity contribution in [3.8, 4) is 17.6 Å². The second kappa shape index (κ2) is 10.7. The molecular formula is C21H26O4. The summed E-state index contributed by atoms with van der Waals surface area (Å²) in [6.45, 7) is 2.05. The number of benzene rings is 1. The van der Waals surface area contributed by atoms with Crippen molar-refractivity contribution >= 4 is 6.29 Å². The Morgan fingerprint density at radius 3 is 2.68 bits per heavy atom. The highest BCUT2D eigenvalue weighted by atomic mass is 16.6. The van der Waals surface area contributed by atoms with Crippen molar-refractivity contribution in [2.45, 2.75) is 57.3 Å². The number of aldehydes is 1. The number of unbranched alkanes of at least 4 members (excludes halogenated alkanes) is 4. The molecule has 0 aliphatic carbocycles. The van der Waals surface area contributed by atoms with Crippen LogP contribution in [0.5, 0.6) is 5.75 Å². The Kier molecular flexibility index (Phi) is 8.24. The molecule has 1 aliphatic rings. The van der Waals surface area contributed by atoms with Crippen LogP contribution in [0.2, 0.25) is 0 Å². The second-order valence-corrected chi connectivity index (χ2v) is 6.06. The maximum absolute atomic E-state index is 10.7. The van der Waals surface area contributed by atoms with E-state index in [1.807, 2.05) is 12.2 Å². The topological polar surface area (TPSA) is 55.8 Å². The molecular weight excluding hydrogens is 316 g/mol. The third-order valence-corrected chi connectivity index (χ3v) is 4.03. The molecule has 0 radical (unpaired) electrons. The molecule has 25 heavy (non-hydrogen) atoms. The maximum atomic E-state index is 10.7. The Bertz CT molecular complexity index is 609. The SMILES string of the molecule is CCCCCCC#C[C@@H]1C=C[C@H](Oc2ccc(C=O)cc2)[C@@H](CO)O1. The van der Waals surface area contributed by atoms with E-state index in [-0.39, 0.29) is 18.8 Å². The van der Waals surface area contributed by atoms with E-state index in [1.165, 1.54) is 19.3 Å².